The van der Waals surface area contributed by atoms with Gasteiger partial charge in [0.05, 0.1) is 5.75 Å². The molecule has 0 unspecified atom stereocenters. The van der Waals surface area contributed by atoms with Crippen molar-refractivity contribution in [3.05, 3.63) is 0 Å². The van der Waals surface area contributed by atoms with Crippen molar-refractivity contribution >= 4 is 29.3 Å². The summed E-state index contributed by atoms with van der Waals surface area (Å²) in [5.41, 5.74) is 0. The number of carbonyl (C=O) groups is 1. The SMILES string of the molecule is C#CCSCCNC(=O)CCCCCl. The van der Waals surface area contributed by atoms with Crippen molar-refractivity contribution in [1.82, 2.24) is 5.32 Å². The van der Waals surface area contributed by atoms with E-state index in [0.717, 1.165) is 18.6 Å². The van der Waals surface area contributed by atoms with Crippen molar-refractivity contribution in [3.63, 3.8) is 0 Å². The Morgan fingerprint density at radius 1 is 1.50 bits per heavy atom. The molecule has 2 nitrogen and oxygen atoms in total. The molecule has 4 heteroatoms. The Labute approximate surface area is 95.2 Å². The van der Waals surface area contributed by atoms with Gasteiger partial charge in [-0.2, -0.15) is 0 Å². The second-order valence-electron chi connectivity index (χ2n) is 2.75. The molecule has 0 saturated carbocycles. The Morgan fingerprint density at radius 2 is 2.29 bits per heavy atom. The van der Waals surface area contributed by atoms with Crippen LogP contribution in [-0.4, -0.2) is 29.8 Å². The molecule has 0 fully saturated rings. The maximum atomic E-state index is 11.1. The topological polar surface area (TPSA) is 29.1 Å². The lowest BCUT2D eigenvalue weighted by Crippen LogP contribution is -2.25. The number of terminal acetylenes is 1. The summed E-state index contributed by atoms with van der Waals surface area (Å²) in [5, 5.41) is 2.83. The van der Waals surface area contributed by atoms with Crippen molar-refractivity contribution in [3.8, 4) is 12.3 Å². The third-order valence-electron chi connectivity index (χ3n) is 1.54. The smallest absolute Gasteiger partial charge is 0.220 e. The first kappa shape index (κ1) is 13.7. The van der Waals surface area contributed by atoms with E-state index < -0.39 is 0 Å². The van der Waals surface area contributed by atoms with E-state index in [9.17, 15) is 4.79 Å². The van der Waals surface area contributed by atoms with Gasteiger partial charge in [-0.25, -0.2) is 0 Å². The first-order valence-electron chi connectivity index (χ1n) is 4.65. The van der Waals surface area contributed by atoms with E-state index >= 15 is 0 Å². The van der Waals surface area contributed by atoms with Gasteiger partial charge in [0.15, 0.2) is 0 Å². The number of alkyl halides is 1. The zero-order valence-corrected chi connectivity index (χ0v) is 9.79. The van der Waals surface area contributed by atoms with Gasteiger partial charge in [-0.3, -0.25) is 4.79 Å². The van der Waals surface area contributed by atoms with Crippen LogP contribution in [0.1, 0.15) is 19.3 Å². The first-order chi connectivity index (χ1) is 6.81. The molecular formula is C10H16ClNOS. The summed E-state index contributed by atoms with van der Waals surface area (Å²) in [6, 6.07) is 0. The zero-order valence-electron chi connectivity index (χ0n) is 8.22. The highest BCUT2D eigenvalue weighted by Crippen LogP contribution is 1.98. The lowest BCUT2D eigenvalue weighted by molar-refractivity contribution is -0.121. The largest absolute Gasteiger partial charge is 0.355 e. The molecule has 0 saturated heterocycles. The lowest BCUT2D eigenvalue weighted by atomic mass is 10.2. The summed E-state index contributed by atoms with van der Waals surface area (Å²) in [6.07, 6.45) is 7.43. The van der Waals surface area contributed by atoms with Crippen molar-refractivity contribution in [2.75, 3.05) is 23.9 Å². The predicted octanol–water partition coefficient (Wildman–Crippen LogP) is 1.88. The van der Waals surface area contributed by atoms with Gasteiger partial charge in [0.25, 0.3) is 0 Å². The highest BCUT2D eigenvalue weighted by Gasteiger charge is 1.99. The van der Waals surface area contributed by atoms with Crippen LogP contribution in [0.5, 0.6) is 0 Å². The third kappa shape index (κ3) is 9.76. The van der Waals surface area contributed by atoms with Crippen molar-refractivity contribution < 1.29 is 4.79 Å². The summed E-state index contributed by atoms with van der Waals surface area (Å²) in [4.78, 5) is 11.1. The second kappa shape index (κ2) is 10.7. The molecule has 0 bridgehead atoms. The van der Waals surface area contributed by atoms with Gasteiger partial charge in [0.1, 0.15) is 0 Å². The normalized spacial score (nSPS) is 9.43. The Morgan fingerprint density at radius 3 is 2.93 bits per heavy atom. The van der Waals surface area contributed by atoms with Gasteiger partial charge < -0.3 is 5.32 Å². The molecule has 1 amide bonds. The van der Waals surface area contributed by atoms with Gasteiger partial charge in [-0.15, -0.1) is 29.8 Å². The molecule has 0 aromatic heterocycles. The highest BCUT2D eigenvalue weighted by molar-refractivity contribution is 7.99. The Hall–Kier alpha value is -0.330. The van der Waals surface area contributed by atoms with Crippen LogP contribution >= 0.6 is 23.4 Å². The molecule has 0 aliphatic heterocycles. The number of hydrogen-bond acceptors (Lipinski definition) is 2. The minimum absolute atomic E-state index is 0.108. The molecule has 0 radical (unpaired) electrons. The van der Waals surface area contributed by atoms with E-state index in [0.29, 0.717) is 24.6 Å². The molecular weight excluding hydrogens is 218 g/mol. The molecule has 0 aliphatic rings. The van der Waals surface area contributed by atoms with Crippen LogP contribution < -0.4 is 5.32 Å². The van der Waals surface area contributed by atoms with Crippen molar-refractivity contribution in [2.45, 2.75) is 19.3 Å². The number of nitrogens with one attached hydrogen (secondary N) is 1. The number of hydrogen-bond donors (Lipinski definition) is 1. The Balaban J connectivity index is 3.15. The molecule has 0 atom stereocenters. The number of unbranched alkanes of at least 4 members (excludes halogenated alkanes) is 1. The van der Waals surface area contributed by atoms with E-state index in [4.69, 9.17) is 18.0 Å². The zero-order chi connectivity index (χ0) is 10.6. The van der Waals surface area contributed by atoms with E-state index in [1.165, 1.54) is 0 Å². The van der Waals surface area contributed by atoms with Crippen LogP contribution in [0.15, 0.2) is 0 Å². The van der Waals surface area contributed by atoms with Crippen molar-refractivity contribution in [2.24, 2.45) is 0 Å². The minimum atomic E-state index is 0.108. The second-order valence-corrected chi connectivity index (χ2v) is 4.24. The fourth-order valence-electron chi connectivity index (χ4n) is 0.862. The van der Waals surface area contributed by atoms with Gasteiger partial charge >= 0.3 is 0 Å². The van der Waals surface area contributed by atoms with Gasteiger partial charge in [-0.05, 0) is 12.8 Å². The van der Waals surface area contributed by atoms with E-state index in [-0.39, 0.29) is 5.91 Å². The number of halogens is 1. The van der Waals surface area contributed by atoms with Gasteiger partial charge in [0, 0.05) is 24.6 Å². The van der Waals surface area contributed by atoms with E-state index in [1.54, 1.807) is 11.8 Å². The quantitative estimate of drug-likeness (QED) is 0.394. The standard InChI is InChI=1S/C10H16ClNOS/c1-2-8-14-9-7-12-10(13)5-3-4-6-11/h1H,3-9H2,(H,12,13). The van der Waals surface area contributed by atoms with Crippen LogP contribution in [0.4, 0.5) is 0 Å². The third-order valence-corrected chi connectivity index (χ3v) is 2.67. The van der Waals surface area contributed by atoms with Crippen LogP contribution in [0, 0.1) is 12.3 Å². The van der Waals surface area contributed by atoms with Crippen LogP contribution in [0.25, 0.3) is 0 Å². The van der Waals surface area contributed by atoms with Gasteiger partial charge in [0.2, 0.25) is 5.91 Å². The fourth-order valence-corrected chi connectivity index (χ4v) is 1.56. The number of carbonyl (C=O) groups excluding carboxylic acids is 1. The van der Waals surface area contributed by atoms with Crippen LogP contribution in [0.2, 0.25) is 0 Å². The number of amides is 1. The maximum absolute atomic E-state index is 11.1. The Kier molecular flexibility index (Phi) is 10.5. The molecule has 14 heavy (non-hydrogen) atoms. The average Bonchev–Trinajstić information content (AvgIpc) is 2.18. The Bertz CT molecular complexity index is 191. The predicted molar refractivity (Wildman–Crippen MR) is 63.7 cm³/mol. The van der Waals surface area contributed by atoms with Crippen LogP contribution in [0.3, 0.4) is 0 Å². The molecule has 0 aromatic rings. The summed E-state index contributed by atoms with van der Waals surface area (Å²) < 4.78 is 0. The van der Waals surface area contributed by atoms with E-state index in [2.05, 4.69) is 11.2 Å². The number of thioether (sulfide) groups is 1. The molecule has 0 aliphatic carbocycles. The average molecular weight is 234 g/mol. The maximum Gasteiger partial charge on any atom is 0.220 e. The summed E-state index contributed by atoms with van der Waals surface area (Å²) in [6.45, 7) is 0.700. The molecule has 80 valence electrons. The fraction of sp³-hybridized carbons (Fsp3) is 0.700. The summed E-state index contributed by atoms with van der Waals surface area (Å²) in [5.74, 6) is 4.86. The van der Waals surface area contributed by atoms with Crippen LogP contribution in [-0.2, 0) is 4.79 Å². The lowest BCUT2D eigenvalue weighted by Gasteiger charge is -2.03. The highest BCUT2D eigenvalue weighted by atomic mass is 35.5. The monoisotopic (exact) mass is 233 g/mol. The molecule has 0 aromatic carbocycles. The first-order valence-corrected chi connectivity index (χ1v) is 6.34. The molecule has 1 N–H and O–H groups in total. The summed E-state index contributed by atoms with van der Waals surface area (Å²) >= 11 is 7.14. The van der Waals surface area contributed by atoms with E-state index in [1.807, 2.05) is 0 Å². The molecule has 0 spiro atoms. The summed E-state index contributed by atoms with van der Waals surface area (Å²) in [7, 11) is 0. The number of rotatable bonds is 8. The van der Waals surface area contributed by atoms with Crippen molar-refractivity contribution in [1.29, 1.82) is 0 Å². The minimum Gasteiger partial charge on any atom is -0.355 e. The molecule has 0 heterocycles. The molecule has 0 rings (SSSR count). The van der Waals surface area contributed by atoms with Gasteiger partial charge in [-0.1, -0.05) is 5.92 Å².